The van der Waals surface area contributed by atoms with Gasteiger partial charge in [0.1, 0.15) is 5.75 Å². The van der Waals surface area contributed by atoms with Crippen molar-refractivity contribution in [1.29, 1.82) is 0 Å². The number of hydrogen-bond donors (Lipinski definition) is 1. The summed E-state index contributed by atoms with van der Waals surface area (Å²) >= 11 is 0. The predicted octanol–water partition coefficient (Wildman–Crippen LogP) is 5.12. The summed E-state index contributed by atoms with van der Waals surface area (Å²) in [4.78, 5) is 12.5. The first kappa shape index (κ1) is 20.5. The topological polar surface area (TPSA) is 56.8 Å². The van der Waals surface area contributed by atoms with E-state index in [2.05, 4.69) is 17.0 Å². The molecule has 1 N–H and O–H groups in total. The van der Waals surface area contributed by atoms with Gasteiger partial charge in [0.05, 0.1) is 18.9 Å². The van der Waals surface area contributed by atoms with Crippen LogP contribution in [-0.4, -0.2) is 25.7 Å². The Morgan fingerprint density at radius 3 is 2.52 bits per heavy atom. The number of anilines is 1. The van der Waals surface area contributed by atoms with Gasteiger partial charge in [0.25, 0.3) is 5.91 Å². The van der Waals surface area contributed by atoms with E-state index in [4.69, 9.17) is 9.47 Å². The van der Waals surface area contributed by atoms with E-state index < -0.39 is 12.5 Å². The van der Waals surface area contributed by atoms with Gasteiger partial charge in [0.15, 0.2) is 11.5 Å². The Balaban J connectivity index is 2.17. The highest BCUT2D eigenvalue weighted by atomic mass is 19.3. The molecular weight excluding hydrogens is 356 g/mol. The van der Waals surface area contributed by atoms with Gasteiger partial charge < -0.3 is 19.5 Å². The van der Waals surface area contributed by atoms with Crippen molar-refractivity contribution in [2.24, 2.45) is 0 Å². The molecule has 5 nitrogen and oxygen atoms in total. The Hall–Kier alpha value is -2.83. The molecule has 7 heteroatoms. The van der Waals surface area contributed by atoms with Crippen LogP contribution in [0.5, 0.6) is 17.2 Å². The van der Waals surface area contributed by atoms with Crippen LogP contribution >= 0.6 is 0 Å². The molecule has 0 fully saturated rings. The quantitative estimate of drug-likeness (QED) is 0.582. The molecule has 2 rings (SSSR count). The van der Waals surface area contributed by atoms with Crippen molar-refractivity contribution < 1.29 is 27.8 Å². The third-order valence-electron chi connectivity index (χ3n) is 3.61. The largest absolute Gasteiger partial charge is 0.490 e. The number of rotatable bonds is 10. The fourth-order valence-corrected chi connectivity index (χ4v) is 2.33. The second-order valence-corrected chi connectivity index (χ2v) is 5.63. The number of carbonyl (C=O) groups is 1. The zero-order chi connectivity index (χ0) is 19.6. The number of carbonyl (C=O) groups excluding carboxylic acids is 1. The molecule has 2 aromatic rings. The number of para-hydroxylation sites is 2. The molecule has 0 aliphatic rings. The SMILES string of the molecule is CCCCOc1ccc(C(=O)Nc2ccccc2OC(F)F)cc1OCC. The highest BCUT2D eigenvalue weighted by Gasteiger charge is 2.15. The van der Waals surface area contributed by atoms with Gasteiger partial charge in [-0.2, -0.15) is 8.78 Å². The lowest BCUT2D eigenvalue weighted by molar-refractivity contribution is -0.0493. The molecule has 146 valence electrons. The first-order valence-corrected chi connectivity index (χ1v) is 8.80. The fourth-order valence-electron chi connectivity index (χ4n) is 2.33. The van der Waals surface area contributed by atoms with Crippen LogP contribution in [0.1, 0.15) is 37.0 Å². The maximum atomic E-state index is 12.5. The van der Waals surface area contributed by atoms with Crippen molar-refractivity contribution in [3.05, 3.63) is 48.0 Å². The summed E-state index contributed by atoms with van der Waals surface area (Å²) in [5, 5.41) is 2.58. The summed E-state index contributed by atoms with van der Waals surface area (Å²) in [6, 6.07) is 10.8. The van der Waals surface area contributed by atoms with Crippen molar-refractivity contribution in [2.45, 2.75) is 33.3 Å². The Labute approximate surface area is 157 Å². The van der Waals surface area contributed by atoms with Crippen LogP contribution in [0.25, 0.3) is 0 Å². The molecule has 0 aliphatic heterocycles. The third-order valence-corrected chi connectivity index (χ3v) is 3.61. The van der Waals surface area contributed by atoms with Crippen molar-refractivity contribution in [3.8, 4) is 17.2 Å². The minimum Gasteiger partial charge on any atom is -0.490 e. The van der Waals surface area contributed by atoms with E-state index in [-0.39, 0.29) is 11.4 Å². The molecule has 0 atom stereocenters. The highest BCUT2D eigenvalue weighted by molar-refractivity contribution is 6.05. The van der Waals surface area contributed by atoms with Crippen molar-refractivity contribution >= 4 is 11.6 Å². The van der Waals surface area contributed by atoms with E-state index in [1.54, 1.807) is 30.3 Å². The molecule has 0 unspecified atom stereocenters. The molecule has 0 aromatic heterocycles. The van der Waals surface area contributed by atoms with Crippen LogP contribution in [0, 0.1) is 0 Å². The van der Waals surface area contributed by atoms with E-state index in [0.717, 1.165) is 12.8 Å². The van der Waals surface area contributed by atoms with Crippen LogP contribution < -0.4 is 19.5 Å². The maximum absolute atomic E-state index is 12.5. The first-order chi connectivity index (χ1) is 13.0. The van der Waals surface area contributed by atoms with Crippen molar-refractivity contribution in [2.75, 3.05) is 18.5 Å². The molecule has 2 aromatic carbocycles. The van der Waals surface area contributed by atoms with Crippen molar-refractivity contribution in [1.82, 2.24) is 0 Å². The van der Waals surface area contributed by atoms with Crippen LogP contribution in [-0.2, 0) is 0 Å². The number of hydrogen-bond acceptors (Lipinski definition) is 4. The van der Waals surface area contributed by atoms with Crippen LogP contribution in [0.15, 0.2) is 42.5 Å². The first-order valence-electron chi connectivity index (χ1n) is 8.80. The number of alkyl halides is 2. The Kier molecular flexibility index (Phi) is 7.85. The molecule has 27 heavy (non-hydrogen) atoms. The Morgan fingerprint density at radius 1 is 1.04 bits per heavy atom. The second-order valence-electron chi connectivity index (χ2n) is 5.63. The summed E-state index contributed by atoms with van der Waals surface area (Å²) in [5.41, 5.74) is 0.470. The summed E-state index contributed by atoms with van der Waals surface area (Å²) < 4.78 is 40.7. The lowest BCUT2D eigenvalue weighted by Crippen LogP contribution is -2.14. The van der Waals surface area contributed by atoms with Gasteiger partial charge in [-0.05, 0) is 43.7 Å². The average molecular weight is 379 g/mol. The number of ether oxygens (including phenoxy) is 3. The summed E-state index contributed by atoms with van der Waals surface area (Å²) in [6.07, 6.45) is 1.92. The third kappa shape index (κ3) is 6.13. The summed E-state index contributed by atoms with van der Waals surface area (Å²) in [6.45, 7) is 1.89. The minimum atomic E-state index is -2.98. The number of amides is 1. The Morgan fingerprint density at radius 2 is 1.81 bits per heavy atom. The zero-order valence-corrected chi connectivity index (χ0v) is 15.3. The molecule has 0 saturated heterocycles. The molecule has 0 heterocycles. The lowest BCUT2D eigenvalue weighted by Gasteiger charge is -2.14. The molecule has 0 radical (unpaired) electrons. The van der Waals surface area contributed by atoms with Crippen LogP contribution in [0.3, 0.4) is 0 Å². The van der Waals surface area contributed by atoms with E-state index in [1.165, 1.54) is 12.1 Å². The molecule has 0 spiro atoms. The predicted molar refractivity (Wildman–Crippen MR) is 99.0 cm³/mol. The van der Waals surface area contributed by atoms with Gasteiger partial charge in [0.2, 0.25) is 0 Å². The minimum absolute atomic E-state index is 0.106. The fraction of sp³-hybridized carbons (Fsp3) is 0.350. The van der Waals surface area contributed by atoms with E-state index in [1.807, 2.05) is 6.92 Å². The molecule has 0 aliphatic carbocycles. The second kappa shape index (κ2) is 10.4. The van der Waals surface area contributed by atoms with Gasteiger partial charge >= 0.3 is 6.61 Å². The number of nitrogens with one attached hydrogen (secondary N) is 1. The van der Waals surface area contributed by atoms with Crippen LogP contribution in [0.4, 0.5) is 14.5 Å². The average Bonchev–Trinajstić information content (AvgIpc) is 2.64. The van der Waals surface area contributed by atoms with E-state index >= 15 is 0 Å². The summed E-state index contributed by atoms with van der Waals surface area (Å²) in [7, 11) is 0. The monoisotopic (exact) mass is 379 g/mol. The number of unbranched alkanes of at least 4 members (excludes halogenated alkanes) is 1. The Bertz CT molecular complexity index is 753. The van der Waals surface area contributed by atoms with Gasteiger partial charge in [-0.25, -0.2) is 0 Å². The van der Waals surface area contributed by atoms with E-state index in [9.17, 15) is 13.6 Å². The smallest absolute Gasteiger partial charge is 0.387 e. The maximum Gasteiger partial charge on any atom is 0.387 e. The van der Waals surface area contributed by atoms with Gasteiger partial charge in [0, 0.05) is 5.56 Å². The zero-order valence-electron chi connectivity index (χ0n) is 15.3. The summed E-state index contributed by atoms with van der Waals surface area (Å²) in [5.74, 6) is 0.438. The standard InChI is InChI=1S/C20H23F2NO4/c1-3-5-12-26-17-11-10-14(13-18(17)25-4-2)19(24)23-15-8-6-7-9-16(15)27-20(21)22/h6-11,13,20H,3-5,12H2,1-2H3,(H,23,24). The van der Waals surface area contributed by atoms with Gasteiger partial charge in [-0.3, -0.25) is 4.79 Å². The highest BCUT2D eigenvalue weighted by Crippen LogP contribution is 2.30. The molecule has 0 bridgehead atoms. The van der Waals surface area contributed by atoms with Gasteiger partial charge in [-0.15, -0.1) is 0 Å². The lowest BCUT2D eigenvalue weighted by atomic mass is 10.1. The molecule has 0 saturated carbocycles. The van der Waals surface area contributed by atoms with Gasteiger partial charge in [-0.1, -0.05) is 25.5 Å². The van der Waals surface area contributed by atoms with Crippen LogP contribution in [0.2, 0.25) is 0 Å². The molecular formula is C20H23F2NO4. The number of halogens is 2. The van der Waals surface area contributed by atoms with E-state index in [0.29, 0.717) is 30.3 Å². The molecule has 1 amide bonds. The number of benzene rings is 2. The normalized spacial score (nSPS) is 10.6. The van der Waals surface area contributed by atoms with Crippen molar-refractivity contribution in [3.63, 3.8) is 0 Å².